The first kappa shape index (κ1) is 15.4. The third kappa shape index (κ3) is 6.74. The summed E-state index contributed by atoms with van der Waals surface area (Å²) in [6.45, 7) is 8.61. The molecule has 0 unspecified atom stereocenters. The van der Waals surface area contributed by atoms with Crippen LogP contribution in [0.3, 0.4) is 0 Å². The molecule has 5 heteroatoms. The van der Waals surface area contributed by atoms with Crippen molar-refractivity contribution in [2.75, 3.05) is 11.9 Å². The first-order valence-corrected chi connectivity index (χ1v) is 6.76. The summed E-state index contributed by atoms with van der Waals surface area (Å²) in [6.07, 6.45) is 4.00. The number of nitrogens with one attached hydrogen (secondary N) is 2. The van der Waals surface area contributed by atoms with Crippen LogP contribution in [0.25, 0.3) is 0 Å². The minimum atomic E-state index is -0.180. The standard InChI is InChI=1S/C14H24N4O/c1-5-6-11-9-12(17-10-16-11)15-8-7-13(19)18-14(2,3)4/h9-10H,5-8H2,1-4H3,(H,18,19)(H,15,16,17). The highest BCUT2D eigenvalue weighted by Gasteiger charge is 2.12. The minimum Gasteiger partial charge on any atom is -0.369 e. The van der Waals surface area contributed by atoms with Crippen LogP contribution in [-0.4, -0.2) is 28.0 Å². The molecule has 0 saturated heterocycles. The van der Waals surface area contributed by atoms with Crippen LogP contribution in [0.1, 0.15) is 46.2 Å². The van der Waals surface area contributed by atoms with E-state index in [1.165, 1.54) is 0 Å². The number of aryl methyl sites for hydroxylation is 1. The average Bonchev–Trinajstić information content (AvgIpc) is 2.27. The highest BCUT2D eigenvalue weighted by molar-refractivity contribution is 5.77. The number of hydrogen-bond acceptors (Lipinski definition) is 4. The van der Waals surface area contributed by atoms with Crippen molar-refractivity contribution in [1.29, 1.82) is 0 Å². The van der Waals surface area contributed by atoms with Crippen molar-refractivity contribution in [3.63, 3.8) is 0 Å². The molecule has 0 aliphatic rings. The van der Waals surface area contributed by atoms with Crippen LogP contribution < -0.4 is 10.6 Å². The molecular weight excluding hydrogens is 240 g/mol. The van der Waals surface area contributed by atoms with E-state index in [4.69, 9.17) is 0 Å². The summed E-state index contributed by atoms with van der Waals surface area (Å²) in [6, 6.07) is 1.94. The molecule has 0 bridgehead atoms. The monoisotopic (exact) mass is 264 g/mol. The van der Waals surface area contributed by atoms with Gasteiger partial charge in [-0.3, -0.25) is 4.79 Å². The number of amides is 1. The zero-order valence-electron chi connectivity index (χ0n) is 12.3. The van der Waals surface area contributed by atoms with Gasteiger partial charge in [0.2, 0.25) is 5.91 Å². The topological polar surface area (TPSA) is 66.9 Å². The number of anilines is 1. The normalized spacial score (nSPS) is 11.2. The van der Waals surface area contributed by atoms with Crippen molar-refractivity contribution in [3.8, 4) is 0 Å². The predicted molar refractivity (Wildman–Crippen MR) is 77.0 cm³/mol. The molecule has 5 nitrogen and oxygen atoms in total. The number of nitrogens with zero attached hydrogens (tertiary/aromatic N) is 2. The molecule has 0 fully saturated rings. The van der Waals surface area contributed by atoms with Gasteiger partial charge in [0.15, 0.2) is 0 Å². The molecule has 0 aliphatic heterocycles. The number of hydrogen-bond donors (Lipinski definition) is 2. The zero-order chi connectivity index (χ0) is 14.3. The number of aromatic nitrogens is 2. The van der Waals surface area contributed by atoms with Gasteiger partial charge in [-0.1, -0.05) is 13.3 Å². The summed E-state index contributed by atoms with van der Waals surface area (Å²) in [5.74, 6) is 0.824. The van der Waals surface area contributed by atoms with Crippen molar-refractivity contribution in [3.05, 3.63) is 18.1 Å². The van der Waals surface area contributed by atoms with E-state index in [1.54, 1.807) is 6.33 Å². The number of carbonyl (C=O) groups is 1. The van der Waals surface area contributed by atoms with Crippen molar-refractivity contribution in [2.24, 2.45) is 0 Å². The molecule has 0 aliphatic carbocycles. The Labute approximate surface area is 115 Å². The molecule has 1 aromatic heterocycles. The van der Waals surface area contributed by atoms with Gasteiger partial charge in [0, 0.05) is 30.3 Å². The lowest BCUT2D eigenvalue weighted by Crippen LogP contribution is -2.41. The third-order valence-corrected chi connectivity index (χ3v) is 2.40. The smallest absolute Gasteiger partial charge is 0.222 e. The van der Waals surface area contributed by atoms with Crippen molar-refractivity contribution in [2.45, 2.75) is 52.5 Å². The Morgan fingerprint density at radius 3 is 2.68 bits per heavy atom. The maximum Gasteiger partial charge on any atom is 0.222 e. The van der Waals surface area contributed by atoms with Crippen LogP contribution in [0.2, 0.25) is 0 Å². The molecule has 106 valence electrons. The predicted octanol–water partition coefficient (Wildman–Crippen LogP) is 2.15. The maximum atomic E-state index is 11.6. The summed E-state index contributed by atoms with van der Waals surface area (Å²) in [5.41, 5.74) is 0.847. The van der Waals surface area contributed by atoms with Gasteiger partial charge >= 0.3 is 0 Å². The van der Waals surface area contributed by atoms with Gasteiger partial charge in [0.1, 0.15) is 12.1 Å². The second kappa shape index (κ2) is 7.07. The molecule has 1 aromatic rings. The van der Waals surface area contributed by atoms with E-state index in [9.17, 15) is 4.79 Å². The van der Waals surface area contributed by atoms with Gasteiger partial charge in [-0.2, -0.15) is 0 Å². The third-order valence-electron chi connectivity index (χ3n) is 2.40. The molecule has 0 atom stereocenters. The van der Waals surface area contributed by atoms with E-state index < -0.39 is 0 Å². The highest BCUT2D eigenvalue weighted by Crippen LogP contribution is 2.06. The Balaban J connectivity index is 2.36. The molecule has 0 spiro atoms. The Bertz CT molecular complexity index is 412. The molecule has 0 saturated carbocycles. The van der Waals surface area contributed by atoms with Crippen LogP contribution in [-0.2, 0) is 11.2 Å². The second-order valence-corrected chi connectivity index (χ2v) is 5.62. The maximum absolute atomic E-state index is 11.6. The van der Waals surface area contributed by atoms with E-state index in [0.29, 0.717) is 13.0 Å². The fourth-order valence-electron chi connectivity index (χ4n) is 1.67. The zero-order valence-corrected chi connectivity index (χ0v) is 12.3. The molecule has 0 aromatic carbocycles. The van der Waals surface area contributed by atoms with Crippen LogP contribution >= 0.6 is 0 Å². The van der Waals surface area contributed by atoms with Crippen LogP contribution in [0.5, 0.6) is 0 Å². The Kier molecular flexibility index (Phi) is 5.73. The Morgan fingerprint density at radius 1 is 1.32 bits per heavy atom. The van der Waals surface area contributed by atoms with Gasteiger partial charge in [0.05, 0.1) is 0 Å². The second-order valence-electron chi connectivity index (χ2n) is 5.62. The lowest BCUT2D eigenvalue weighted by Gasteiger charge is -2.20. The van der Waals surface area contributed by atoms with Gasteiger partial charge in [-0.25, -0.2) is 9.97 Å². The SMILES string of the molecule is CCCc1cc(NCCC(=O)NC(C)(C)C)ncn1. The Morgan fingerprint density at radius 2 is 2.05 bits per heavy atom. The summed E-state index contributed by atoms with van der Waals surface area (Å²) in [7, 11) is 0. The first-order valence-electron chi connectivity index (χ1n) is 6.76. The van der Waals surface area contributed by atoms with Crippen molar-refractivity contribution >= 4 is 11.7 Å². The minimum absolute atomic E-state index is 0.0443. The summed E-state index contributed by atoms with van der Waals surface area (Å²) >= 11 is 0. The fourth-order valence-corrected chi connectivity index (χ4v) is 1.67. The van der Waals surface area contributed by atoms with Crippen molar-refractivity contribution < 1.29 is 4.79 Å². The van der Waals surface area contributed by atoms with Crippen LogP contribution in [0.4, 0.5) is 5.82 Å². The summed E-state index contributed by atoms with van der Waals surface area (Å²) < 4.78 is 0. The summed E-state index contributed by atoms with van der Waals surface area (Å²) in [5, 5.41) is 6.07. The fraction of sp³-hybridized carbons (Fsp3) is 0.643. The largest absolute Gasteiger partial charge is 0.369 e. The van der Waals surface area contributed by atoms with Gasteiger partial charge in [0.25, 0.3) is 0 Å². The highest BCUT2D eigenvalue weighted by atomic mass is 16.1. The molecule has 2 N–H and O–H groups in total. The van der Waals surface area contributed by atoms with E-state index in [-0.39, 0.29) is 11.4 Å². The van der Waals surface area contributed by atoms with Gasteiger partial charge < -0.3 is 10.6 Å². The summed E-state index contributed by atoms with van der Waals surface area (Å²) in [4.78, 5) is 20.0. The molecule has 1 heterocycles. The molecule has 1 amide bonds. The van der Waals surface area contributed by atoms with Crippen LogP contribution in [0, 0.1) is 0 Å². The molecule has 0 radical (unpaired) electrons. The quantitative estimate of drug-likeness (QED) is 0.826. The van der Waals surface area contributed by atoms with E-state index >= 15 is 0 Å². The molecular formula is C14H24N4O. The molecule has 19 heavy (non-hydrogen) atoms. The van der Waals surface area contributed by atoms with E-state index in [1.807, 2.05) is 26.8 Å². The van der Waals surface area contributed by atoms with Crippen LogP contribution in [0.15, 0.2) is 12.4 Å². The average molecular weight is 264 g/mol. The van der Waals surface area contributed by atoms with Gasteiger partial charge in [-0.15, -0.1) is 0 Å². The molecule has 1 rings (SSSR count). The lowest BCUT2D eigenvalue weighted by molar-refractivity contribution is -0.122. The number of carbonyl (C=O) groups excluding carboxylic acids is 1. The van der Waals surface area contributed by atoms with E-state index in [2.05, 4.69) is 27.5 Å². The van der Waals surface area contributed by atoms with Crippen molar-refractivity contribution in [1.82, 2.24) is 15.3 Å². The number of rotatable bonds is 6. The van der Waals surface area contributed by atoms with E-state index in [0.717, 1.165) is 24.4 Å². The first-order chi connectivity index (χ1) is 8.90. The lowest BCUT2D eigenvalue weighted by atomic mass is 10.1. The Hall–Kier alpha value is -1.65. The van der Waals surface area contributed by atoms with Gasteiger partial charge in [-0.05, 0) is 27.2 Å².